The molecule has 0 saturated carbocycles. The average molecular weight is 750 g/mol. The number of fused-ring (bicyclic) bond motifs is 2. The second kappa shape index (κ2) is 23.4. The minimum absolute atomic E-state index is 0.0989. The first-order valence-electron chi connectivity index (χ1n) is 21.3. The fourth-order valence-electron chi connectivity index (χ4n) is 7.03. The first-order valence-corrected chi connectivity index (χ1v) is 21.3. The Labute approximate surface area is 328 Å². The van der Waals surface area contributed by atoms with Gasteiger partial charge < -0.3 is 23.7 Å². The number of benzene rings is 4. The van der Waals surface area contributed by atoms with Crippen molar-refractivity contribution in [2.24, 2.45) is 0 Å². The first-order chi connectivity index (χ1) is 27.0. The lowest BCUT2D eigenvalue weighted by Crippen LogP contribution is -2.08. The van der Waals surface area contributed by atoms with Crippen LogP contribution in [0.25, 0.3) is 33.3 Å². The Balaban J connectivity index is 1.04. The van der Waals surface area contributed by atoms with Crippen molar-refractivity contribution in [2.45, 2.75) is 142 Å². The van der Waals surface area contributed by atoms with Crippen LogP contribution in [0.4, 0.5) is 0 Å². The van der Waals surface area contributed by atoms with Gasteiger partial charge in [-0.1, -0.05) is 142 Å². The highest BCUT2D eigenvalue weighted by Crippen LogP contribution is 2.35. The van der Waals surface area contributed by atoms with E-state index >= 15 is 0 Å². The van der Waals surface area contributed by atoms with Crippen LogP contribution < -0.4 is 14.2 Å². The van der Waals surface area contributed by atoms with Crippen LogP contribution in [0, 0.1) is 0 Å². The highest BCUT2D eigenvalue weighted by Gasteiger charge is 2.16. The molecule has 0 saturated heterocycles. The van der Waals surface area contributed by atoms with Crippen LogP contribution in [-0.4, -0.2) is 29.3 Å². The average Bonchev–Trinajstić information content (AvgIpc) is 3.62. The van der Waals surface area contributed by atoms with Crippen molar-refractivity contribution in [3.05, 3.63) is 78.4 Å². The van der Waals surface area contributed by atoms with Gasteiger partial charge in [-0.3, -0.25) is 0 Å². The van der Waals surface area contributed by atoms with Crippen molar-refractivity contribution >= 4 is 27.8 Å². The van der Waals surface area contributed by atoms with E-state index in [9.17, 15) is 9.90 Å². The van der Waals surface area contributed by atoms with Gasteiger partial charge in [0.2, 0.25) is 5.89 Å². The Morgan fingerprint density at radius 2 is 1.07 bits per heavy atom. The standard InChI is InChI=1S/C48H63NO6/c1-3-5-7-9-11-13-15-17-19-21-31-52-40-26-25-37-33-39(24-23-38(37)34-40)48(51)54-42-27-29-43(45(50)35-42)47-49-44-30-28-41(36-46(44)55-47)53-32-22-20-18-16-14-12-10-8-6-4-2/h23-30,33-36,50H,3-22,31-32H2,1-2H3. The summed E-state index contributed by atoms with van der Waals surface area (Å²) in [5.74, 6) is 1.46. The first kappa shape index (κ1) is 41.6. The van der Waals surface area contributed by atoms with Crippen molar-refractivity contribution in [3.8, 4) is 34.5 Å². The topological polar surface area (TPSA) is 91.0 Å². The molecule has 1 aromatic heterocycles. The molecule has 0 aliphatic heterocycles. The fraction of sp³-hybridized carbons (Fsp3) is 0.500. The molecule has 4 aromatic carbocycles. The number of phenols is 1. The highest BCUT2D eigenvalue weighted by molar-refractivity contribution is 5.96. The third-order valence-electron chi connectivity index (χ3n) is 10.4. The van der Waals surface area contributed by atoms with Gasteiger partial charge in [0.05, 0.1) is 24.3 Å². The predicted molar refractivity (Wildman–Crippen MR) is 225 cm³/mol. The fourth-order valence-corrected chi connectivity index (χ4v) is 7.03. The molecule has 1 heterocycles. The molecule has 7 nitrogen and oxygen atoms in total. The van der Waals surface area contributed by atoms with Gasteiger partial charge in [-0.15, -0.1) is 0 Å². The number of esters is 1. The summed E-state index contributed by atoms with van der Waals surface area (Å²) >= 11 is 0. The Morgan fingerprint density at radius 1 is 0.564 bits per heavy atom. The van der Waals surface area contributed by atoms with Crippen molar-refractivity contribution in [1.29, 1.82) is 0 Å². The maximum Gasteiger partial charge on any atom is 0.343 e. The molecule has 0 bridgehead atoms. The Kier molecular flexibility index (Phi) is 17.7. The molecule has 1 N–H and O–H groups in total. The third-order valence-corrected chi connectivity index (χ3v) is 10.4. The second-order valence-corrected chi connectivity index (χ2v) is 15.0. The van der Waals surface area contributed by atoms with Gasteiger partial charge in [-0.25, -0.2) is 9.78 Å². The normalized spacial score (nSPS) is 11.4. The van der Waals surface area contributed by atoms with Gasteiger partial charge in [-0.2, -0.15) is 0 Å². The lowest BCUT2D eigenvalue weighted by atomic mass is 10.1. The van der Waals surface area contributed by atoms with E-state index < -0.39 is 5.97 Å². The Hall–Kier alpha value is -4.52. The summed E-state index contributed by atoms with van der Waals surface area (Å²) in [6.45, 7) is 5.89. The largest absolute Gasteiger partial charge is 0.507 e. The van der Waals surface area contributed by atoms with Crippen LogP contribution in [0.2, 0.25) is 0 Å². The van der Waals surface area contributed by atoms with Crippen molar-refractivity contribution in [2.75, 3.05) is 13.2 Å². The number of hydrogen-bond acceptors (Lipinski definition) is 7. The lowest BCUT2D eigenvalue weighted by Gasteiger charge is -2.09. The number of rotatable bonds is 27. The highest BCUT2D eigenvalue weighted by atomic mass is 16.5. The summed E-state index contributed by atoms with van der Waals surface area (Å²) in [5, 5.41) is 12.8. The second-order valence-electron chi connectivity index (χ2n) is 15.0. The monoisotopic (exact) mass is 749 g/mol. The van der Waals surface area contributed by atoms with Crippen LogP contribution >= 0.6 is 0 Å². The van der Waals surface area contributed by atoms with Crippen molar-refractivity contribution < 1.29 is 28.5 Å². The smallest absolute Gasteiger partial charge is 0.343 e. The summed E-state index contributed by atoms with van der Waals surface area (Å²) in [6.07, 6.45) is 25.8. The van der Waals surface area contributed by atoms with Gasteiger partial charge in [-0.05, 0) is 72.1 Å². The summed E-state index contributed by atoms with van der Waals surface area (Å²) in [7, 11) is 0. The van der Waals surface area contributed by atoms with Crippen LogP contribution in [-0.2, 0) is 0 Å². The van der Waals surface area contributed by atoms with E-state index in [0.717, 1.165) is 35.1 Å². The van der Waals surface area contributed by atoms with Gasteiger partial charge >= 0.3 is 5.97 Å². The third kappa shape index (κ3) is 13.9. The molecule has 5 aromatic rings. The zero-order valence-electron chi connectivity index (χ0n) is 33.4. The van der Waals surface area contributed by atoms with Crippen molar-refractivity contribution in [3.63, 3.8) is 0 Å². The maximum atomic E-state index is 13.1. The summed E-state index contributed by atoms with van der Waals surface area (Å²) in [4.78, 5) is 17.7. The minimum atomic E-state index is -0.512. The number of unbranched alkanes of at least 4 members (excludes halogenated alkanes) is 18. The van der Waals surface area contributed by atoms with E-state index in [-0.39, 0.29) is 17.4 Å². The van der Waals surface area contributed by atoms with E-state index in [1.165, 1.54) is 122 Å². The van der Waals surface area contributed by atoms with E-state index in [1.54, 1.807) is 18.2 Å². The number of phenolic OH excluding ortho intramolecular Hbond substituents is 1. The van der Waals surface area contributed by atoms with Crippen LogP contribution in [0.1, 0.15) is 153 Å². The molecule has 0 amide bonds. The molecule has 296 valence electrons. The summed E-state index contributed by atoms with van der Waals surface area (Å²) < 4.78 is 23.7. The maximum absolute atomic E-state index is 13.1. The number of carbonyl (C=O) groups excluding carboxylic acids is 1. The SMILES string of the molecule is CCCCCCCCCCCCOc1ccc2cc(C(=O)Oc3ccc(-c4nc5ccc(OCCCCCCCCCCCC)cc5o4)c(O)c3)ccc2c1. The Bertz CT molecular complexity index is 1880. The number of hydrogen-bond donors (Lipinski definition) is 1. The number of ether oxygens (including phenoxy) is 3. The van der Waals surface area contributed by atoms with Gasteiger partial charge in [0, 0.05) is 12.1 Å². The van der Waals surface area contributed by atoms with Crippen LogP contribution in [0.3, 0.4) is 0 Å². The molecule has 7 heteroatoms. The molecular formula is C48H63NO6. The van der Waals surface area contributed by atoms with E-state index in [0.29, 0.717) is 35.4 Å². The molecule has 0 aliphatic carbocycles. The minimum Gasteiger partial charge on any atom is -0.507 e. The molecule has 0 fully saturated rings. The quantitative estimate of drug-likeness (QED) is 0.0325. The van der Waals surface area contributed by atoms with E-state index in [2.05, 4.69) is 18.8 Å². The van der Waals surface area contributed by atoms with Crippen LogP contribution in [0.15, 0.2) is 77.2 Å². The molecule has 55 heavy (non-hydrogen) atoms. The number of aromatic nitrogens is 1. The van der Waals surface area contributed by atoms with E-state index in [1.807, 2.05) is 48.5 Å². The molecule has 0 aliphatic rings. The molecule has 0 spiro atoms. The number of nitrogens with zero attached hydrogens (tertiary/aromatic N) is 1. The summed E-state index contributed by atoms with van der Waals surface area (Å²) in [5.41, 5.74) is 2.07. The predicted octanol–water partition coefficient (Wildman–Crippen LogP) is 14.2. The molecule has 0 radical (unpaired) electrons. The molecule has 0 atom stereocenters. The van der Waals surface area contributed by atoms with Crippen LogP contribution in [0.5, 0.6) is 23.0 Å². The molecule has 5 rings (SSSR count). The lowest BCUT2D eigenvalue weighted by molar-refractivity contribution is 0.0734. The zero-order chi connectivity index (χ0) is 38.5. The number of aromatic hydroxyl groups is 1. The zero-order valence-corrected chi connectivity index (χ0v) is 33.4. The number of oxazole rings is 1. The number of carbonyl (C=O) groups is 1. The molecular weight excluding hydrogens is 687 g/mol. The molecule has 0 unspecified atom stereocenters. The van der Waals surface area contributed by atoms with Gasteiger partial charge in [0.1, 0.15) is 28.5 Å². The van der Waals surface area contributed by atoms with Gasteiger partial charge in [0.25, 0.3) is 0 Å². The Morgan fingerprint density at radius 3 is 1.67 bits per heavy atom. The summed E-state index contributed by atoms with van der Waals surface area (Å²) in [6, 6.07) is 21.7. The van der Waals surface area contributed by atoms with Crippen molar-refractivity contribution in [1.82, 2.24) is 4.98 Å². The van der Waals surface area contributed by atoms with Gasteiger partial charge in [0.15, 0.2) is 5.58 Å². The van der Waals surface area contributed by atoms with E-state index in [4.69, 9.17) is 18.6 Å².